The molecule has 3 aromatic heterocycles. The third kappa shape index (κ3) is 1.80. The molecule has 21 heavy (non-hydrogen) atoms. The van der Waals surface area contributed by atoms with Crippen LogP contribution in [0, 0.1) is 0 Å². The van der Waals surface area contributed by atoms with E-state index >= 15 is 0 Å². The number of imidazole rings is 1. The van der Waals surface area contributed by atoms with E-state index in [0.29, 0.717) is 16.3 Å². The van der Waals surface area contributed by atoms with Crippen LogP contribution in [0.5, 0.6) is 0 Å². The fourth-order valence-electron chi connectivity index (χ4n) is 2.35. The molecular weight excluding hydrogens is 286 g/mol. The smallest absolute Gasteiger partial charge is 0.275 e. The molecule has 0 saturated heterocycles. The Bertz CT molecular complexity index is 1120. The molecule has 0 saturated carbocycles. The van der Waals surface area contributed by atoms with Gasteiger partial charge in [-0.15, -0.1) is 11.3 Å². The summed E-state index contributed by atoms with van der Waals surface area (Å²) in [6, 6.07) is 10.8. The van der Waals surface area contributed by atoms with Gasteiger partial charge in [0.25, 0.3) is 11.1 Å². The molecule has 0 spiro atoms. The molecular formula is C15H9N3O2S. The average Bonchev–Trinajstić information content (AvgIpc) is 3.09. The second-order valence-corrected chi connectivity index (χ2v) is 5.57. The number of benzene rings is 1. The molecule has 0 aliphatic carbocycles. The Labute approximate surface area is 121 Å². The number of rotatable bonds is 1. The Morgan fingerprint density at radius 1 is 1.14 bits per heavy atom. The number of aromatic nitrogens is 3. The van der Waals surface area contributed by atoms with Gasteiger partial charge < -0.3 is 0 Å². The number of para-hydroxylation sites is 1. The van der Waals surface area contributed by atoms with E-state index in [1.807, 2.05) is 23.6 Å². The number of aromatic amines is 1. The summed E-state index contributed by atoms with van der Waals surface area (Å²) in [7, 11) is 0. The van der Waals surface area contributed by atoms with Gasteiger partial charge >= 0.3 is 0 Å². The maximum Gasteiger partial charge on any atom is 0.275 e. The first kappa shape index (κ1) is 12.0. The van der Waals surface area contributed by atoms with Gasteiger partial charge in [0.15, 0.2) is 0 Å². The summed E-state index contributed by atoms with van der Waals surface area (Å²) in [5.41, 5.74) is 0.0199. The van der Waals surface area contributed by atoms with Crippen molar-refractivity contribution < 1.29 is 0 Å². The van der Waals surface area contributed by atoms with Crippen LogP contribution in [0.3, 0.4) is 0 Å². The quantitative estimate of drug-likeness (QED) is 0.573. The lowest BCUT2D eigenvalue weighted by Gasteiger charge is -1.97. The molecule has 0 aliphatic rings. The van der Waals surface area contributed by atoms with Crippen molar-refractivity contribution in [1.29, 1.82) is 0 Å². The molecule has 0 atom stereocenters. The van der Waals surface area contributed by atoms with Gasteiger partial charge in [-0.25, -0.2) is 9.38 Å². The van der Waals surface area contributed by atoms with Crippen molar-refractivity contribution in [1.82, 2.24) is 14.4 Å². The Morgan fingerprint density at radius 3 is 2.81 bits per heavy atom. The van der Waals surface area contributed by atoms with Crippen LogP contribution in [-0.2, 0) is 0 Å². The minimum atomic E-state index is -0.316. The highest BCUT2D eigenvalue weighted by Crippen LogP contribution is 2.09. The fourth-order valence-corrected chi connectivity index (χ4v) is 3.00. The Kier molecular flexibility index (Phi) is 2.52. The first-order valence-electron chi connectivity index (χ1n) is 6.33. The standard InChI is InChI=1S/C15H9N3O2S/c19-13-12(8-9-4-3-7-21-9)18-14(20)10-5-1-2-6-11(10)16-15(18)17-13/h1-8H,(H,16,17,19)/b12-8+. The molecule has 0 unspecified atom stereocenters. The van der Waals surface area contributed by atoms with Crippen molar-refractivity contribution in [2.75, 3.05) is 0 Å². The third-order valence-corrected chi connectivity index (χ3v) is 4.12. The Balaban J connectivity index is 2.23. The minimum Gasteiger partial charge on any atom is -0.290 e. The molecule has 0 bridgehead atoms. The second kappa shape index (κ2) is 4.39. The first-order chi connectivity index (χ1) is 10.2. The van der Waals surface area contributed by atoms with Crippen LogP contribution in [0.1, 0.15) is 4.88 Å². The highest BCUT2D eigenvalue weighted by Gasteiger charge is 2.10. The lowest BCUT2D eigenvalue weighted by Crippen LogP contribution is -2.32. The maximum absolute atomic E-state index is 12.6. The molecule has 6 heteroatoms. The number of fused-ring (bicyclic) bond motifs is 2. The van der Waals surface area contributed by atoms with Crippen molar-refractivity contribution in [2.24, 2.45) is 0 Å². The van der Waals surface area contributed by atoms with Crippen molar-refractivity contribution >= 4 is 34.1 Å². The monoisotopic (exact) mass is 295 g/mol. The summed E-state index contributed by atoms with van der Waals surface area (Å²) in [5, 5.41) is 2.72. The van der Waals surface area contributed by atoms with Crippen molar-refractivity contribution in [3.05, 3.63) is 72.7 Å². The van der Waals surface area contributed by atoms with E-state index in [4.69, 9.17) is 0 Å². The molecule has 102 valence electrons. The summed E-state index contributed by atoms with van der Waals surface area (Å²) >= 11 is 1.50. The predicted octanol–water partition coefficient (Wildman–Crippen LogP) is 1.15. The highest BCUT2D eigenvalue weighted by atomic mass is 32.1. The zero-order chi connectivity index (χ0) is 14.4. The van der Waals surface area contributed by atoms with Gasteiger partial charge in [0.2, 0.25) is 5.78 Å². The lowest BCUT2D eigenvalue weighted by molar-refractivity contribution is 1.05. The molecule has 4 aromatic rings. The fraction of sp³-hybridized carbons (Fsp3) is 0. The van der Waals surface area contributed by atoms with Crippen LogP contribution in [0.25, 0.3) is 22.8 Å². The number of hydrogen-bond acceptors (Lipinski definition) is 4. The predicted molar refractivity (Wildman–Crippen MR) is 82.7 cm³/mol. The zero-order valence-corrected chi connectivity index (χ0v) is 11.6. The Hall–Kier alpha value is -2.73. The minimum absolute atomic E-state index is 0.239. The van der Waals surface area contributed by atoms with E-state index in [1.165, 1.54) is 15.7 Å². The summed E-state index contributed by atoms with van der Waals surface area (Å²) < 4.78 is 1.34. The molecule has 1 N–H and O–H groups in total. The summed E-state index contributed by atoms with van der Waals surface area (Å²) in [6.45, 7) is 0. The molecule has 3 heterocycles. The molecule has 0 radical (unpaired) electrons. The summed E-state index contributed by atoms with van der Waals surface area (Å²) in [5.74, 6) is 0.270. The van der Waals surface area contributed by atoms with Crippen LogP contribution in [0.15, 0.2) is 51.4 Å². The highest BCUT2D eigenvalue weighted by molar-refractivity contribution is 7.10. The van der Waals surface area contributed by atoms with E-state index < -0.39 is 0 Å². The summed E-state index contributed by atoms with van der Waals surface area (Å²) in [4.78, 5) is 32.6. The largest absolute Gasteiger partial charge is 0.290 e. The first-order valence-corrected chi connectivity index (χ1v) is 7.21. The summed E-state index contributed by atoms with van der Waals surface area (Å²) in [6.07, 6.45) is 1.70. The number of thiophene rings is 1. The van der Waals surface area contributed by atoms with Crippen molar-refractivity contribution in [3.8, 4) is 0 Å². The topological polar surface area (TPSA) is 67.2 Å². The molecule has 4 rings (SSSR count). The lowest BCUT2D eigenvalue weighted by atomic mass is 10.2. The van der Waals surface area contributed by atoms with Crippen molar-refractivity contribution in [3.63, 3.8) is 0 Å². The van der Waals surface area contributed by atoms with Crippen LogP contribution >= 0.6 is 11.3 Å². The normalized spacial score (nSPS) is 12.5. The number of nitrogens with one attached hydrogen (secondary N) is 1. The second-order valence-electron chi connectivity index (χ2n) is 4.59. The van der Waals surface area contributed by atoms with Crippen LogP contribution in [-0.4, -0.2) is 14.4 Å². The molecule has 1 aromatic carbocycles. The zero-order valence-electron chi connectivity index (χ0n) is 10.7. The van der Waals surface area contributed by atoms with Crippen LogP contribution in [0.4, 0.5) is 0 Å². The van der Waals surface area contributed by atoms with E-state index in [2.05, 4.69) is 9.97 Å². The van der Waals surface area contributed by atoms with Gasteiger partial charge in [0.05, 0.1) is 10.9 Å². The maximum atomic E-state index is 12.6. The van der Waals surface area contributed by atoms with Gasteiger partial charge in [0.1, 0.15) is 5.35 Å². The van der Waals surface area contributed by atoms with Crippen molar-refractivity contribution in [2.45, 2.75) is 0 Å². The van der Waals surface area contributed by atoms with Gasteiger partial charge in [-0.3, -0.25) is 14.6 Å². The molecule has 5 nitrogen and oxygen atoms in total. The average molecular weight is 295 g/mol. The Morgan fingerprint density at radius 2 is 2.00 bits per heavy atom. The van der Waals surface area contributed by atoms with E-state index in [1.54, 1.807) is 24.3 Å². The molecule has 0 aliphatic heterocycles. The van der Waals surface area contributed by atoms with Gasteiger partial charge in [-0.1, -0.05) is 18.2 Å². The number of hydrogen-bond donors (Lipinski definition) is 1. The SMILES string of the molecule is O=c1[nH]c2nc3ccccc3c(=O)n2/c1=C/c1cccs1. The van der Waals surface area contributed by atoms with Crippen LogP contribution < -0.4 is 16.5 Å². The van der Waals surface area contributed by atoms with Gasteiger partial charge in [0, 0.05) is 4.88 Å². The van der Waals surface area contributed by atoms with E-state index in [9.17, 15) is 9.59 Å². The molecule has 0 amide bonds. The van der Waals surface area contributed by atoms with E-state index in [-0.39, 0.29) is 16.9 Å². The third-order valence-electron chi connectivity index (χ3n) is 3.30. The number of H-pyrrole nitrogens is 1. The van der Waals surface area contributed by atoms with E-state index in [0.717, 1.165) is 4.88 Å². The van der Waals surface area contributed by atoms with Gasteiger partial charge in [-0.2, -0.15) is 0 Å². The number of nitrogens with zero attached hydrogens (tertiary/aromatic N) is 2. The van der Waals surface area contributed by atoms with Crippen LogP contribution in [0.2, 0.25) is 0 Å². The van der Waals surface area contributed by atoms with Gasteiger partial charge in [-0.05, 0) is 29.7 Å². The molecule has 0 fully saturated rings.